The van der Waals surface area contributed by atoms with Crippen LogP contribution in [-0.4, -0.2) is 61.0 Å². The SMILES string of the molecule is Cc1ccc(C(=O)N2CCC(c3ccc(C#N)cc3)CC2)cc1NC(=O)NC1CCCN(C)C1. The molecular weight excluding hydrogens is 426 g/mol. The highest BCUT2D eigenvalue weighted by atomic mass is 16.2. The fourth-order valence-corrected chi connectivity index (χ4v) is 4.95. The molecule has 0 spiro atoms. The lowest BCUT2D eigenvalue weighted by Gasteiger charge is -2.32. The number of hydrogen-bond acceptors (Lipinski definition) is 4. The van der Waals surface area contributed by atoms with Crippen LogP contribution in [0.2, 0.25) is 0 Å². The largest absolute Gasteiger partial charge is 0.339 e. The van der Waals surface area contributed by atoms with Gasteiger partial charge in [0.15, 0.2) is 0 Å². The summed E-state index contributed by atoms with van der Waals surface area (Å²) in [6.07, 6.45) is 3.85. The summed E-state index contributed by atoms with van der Waals surface area (Å²) >= 11 is 0. The zero-order valence-corrected chi connectivity index (χ0v) is 20.0. The number of hydrogen-bond donors (Lipinski definition) is 2. The van der Waals surface area contributed by atoms with Gasteiger partial charge in [-0.25, -0.2) is 4.79 Å². The van der Waals surface area contributed by atoms with E-state index < -0.39 is 0 Å². The molecule has 2 aliphatic rings. The molecule has 2 fully saturated rings. The molecule has 7 nitrogen and oxygen atoms in total. The number of likely N-dealkylation sites (tertiary alicyclic amines) is 2. The summed E-state index contributed by atoms with van der Waals surface area (Å²) in [5.41, 5.74) is 4.07. The van der Waals surface area contributed by atoms with Gasteiger partial charge in [0.25, 0.3) is 5.91 Å². The van der Waals surface area contributed by atoms with Gasteiger partial charge in [-0.1, -0.05) is 18.2 Å². The van der Waals surface area contributed by atoms with Crippen LogP contribution in [0.4, 0.5) is 10.5 Å². The third kappa shape index (κ3) is 5.75. The quantitative estimate of drug-likeness (QED) is 0.720. The van der Waals surface area contributed by atoms with Crippen LogP contribution in [0.1, 0.15) is 58.6 Å². The Labute approximate surface area is 201 Å². The van der Waals surface area contributed by atoms with E-state index in [1.165, 1.54) is 5.56 Å². The molecule has 0 aromatic heterocycles. The Morgan fingerprint density at radius 1 is 1.03 bits per heavy atom. The van der Waals surface area contributed by atoms with Gasteiger partial charge in [-0.3, -0.25) is 4.79 Å². The molecular formula is C27H33N5O2. The number of aryl methyl sites for hydroxylation is 1. The summed E-state index contributed by atoms with van der Waals surface area (Å²) in [4.78, 5) is 29.9. The average Bonchev–Trinajstić information content (AvgIpc) is 2.85. The van der Waals surface area contributed by atoms with Crippen molar-refractivity contribution < 1.29 is 9.59 Å². The molecule has 2 aromatic carbocycles. The number of amides is 3. The third-order valence-electron chi connectivity index (χ3n) is 6.99. The monoisotopic (exact) mass is 459 g/mol. The van der Waals surface area contributed by atoms with Crippen molar-refractivity contribution in [3.8, 4) is 6.07 Å². The number of anilines is 1. The molecule has 0 bridgehead atoms. The first-order valence-electron chi connectivity index (χ1n) is 12.1. The van der Waals surface area contributed by atoms with E-state index in [2.05, 4.69) is 28.7 Å². The van der Waals surface area contributed by atoms with E-state index in [-0.39, 0.29) is 18.0 Å². The number of nitrogens with zero attached hydrogens (tertiary/aromatic N) is 3. The van der Waals surface area contributed by atoms with Crippen molar-refractivity contribution in [2.45, 2.75) is 44.6 Å². The number of urea groups is 1. The normalized spacial score (nSPS) is 19.3. The highest BCUT2D eigenvalue weighted by Gasteiger charge is 2.25. The van der Waals surface area contributed by atoms with E-state index in [1.54, 1.807) is 6.07 Å². The number of carbonyl (C=O) groups is 2. The molecule has 3 amide bonds. The maximum absolute atomic E-state index is 13.2. The van der Waals surface area contributed by atoms with Gasteiger partial charge >= 0.3 is 6.03 Å². The first-order chi connectivity index (χ1) is 16.4. The number of benzene rings is 2. The second kappa shape index (κ2) is 10.7. The van der Waals surface area contributed by atoms with E-state index >= 15 is 0 Å². The van der Waals surface area contributed by atoms with Crippen LogP contribution in [0, 0.1) is 18.3 Å². The molecule has 2 aromatic rings. The van der Waals surface area contributed by atoms with E-state index in [0.29, 0.717) is 35.8 Å². The van der Waals surface area contributed by atoms with Crippen molar-refractivity contribution in [2.75, 3.05) is 38.5 Å². The van der Waals surface area contributed by atoms with E-state index in [1.807, 2.05) is 48.2 Å². The van der Waals surface area contributed by atoms with Gasteiger partial charge in [-0.05, 0) is 87.5 Å². The molecule has 2 N–H and O–H groups in total. The standard InChI is InChI=1S/C27H33N5O2/c1-19-5-8-23(16-25(19)30-27(34)29-24-4-3-13-31(2)18-24)26(33)32-14-11-22(12-15-32)21-9-6-20(17-28)7-10-21/h5-10,16,22,24H,3-4,11-15,18H2,1-2H3,(H2,29,30,34). The zero-order valence-electron chi connectivity index (χ0n) is 20.0. The van der Waals surface area contributed by atoms with Crippen molar-refractivity contribution in [1.82, 2.24) is 15.1 Å². The molecule has 0 radical (unpaired) electrons. The summed E-state index contributed by atoms with van der Waals surface area (Å²) in [6.45, 7) is 5.23. The summed E-state index contributed by atoms with van der Waals surface area (Å²) in [6, 6.07) is 15.3. The highest BCUT2D eigenvalue weighted by Crippen LogP contribution is 2.29. The predicted octanol–water partition coefficient (Wildman–Crippen LogP) is 4.10. The summed E-state index contributed by atoms with van der Waals surface area (Å²) in [7, 11) is 2.07. The molecule has 2 aliphatic heterocycles. The van der Waals surface area contributed by atoms with Crippen molar-refractivity contribution in [3.05, 3.63) is 64.7 Å². The van der Waals surface area contributed by atoms with E-state index in [0.717, 1.165) is 44.3 Å². The molecule has 2 saturated heterocycles. The Hall–Kier alpha value is -3.37. The van der Waals surface area contributed by atoms with Crippen molar-refractivity contribution in [2.24, 2.45) is 0 Å². The van der Waals surface area contributed by atoms with Crippen molar-refractivity contribution in [1.29, 1.82) is 5.26 Å². The average molecular weight is 460 g/mol. The fraction of sp³-hybridized carbons (Fsp3) is 0.444. The Morgan fingerprint density at radius 2 is 1.76 bits per heavy atom. The molecule has 34 heavy (non-hydrogen) atoms. The van der Waals surface area contributed by atoms with Gasteiger partial charge in [0, 0.05) is 36.9 Å². The second-order valence-corrected chi connectivity index (χ2v) is 9.53. The summed E-state index contributed by atoms with van der Waals surface area (Å²) < 4.78 is 0. The van der Waals surface area contributed by atoms with Crippen LogP contribution >= 0.6 is 0 Å². The fourth-order valence-electron chi connectivity index (χ4n) is 4.95. The van der Waals surface area contributed by atoms with Crippen LogP contribution in [0.15, 0.2) is 42.5 Å². The number of rotatable bonds is 4. The minimum absolute atomic E-state index is 0.00404. The molecule has 7 heteroatoms. The lowest BCUT2D eigenvalue weighted by molar-refractivity contribution is 0.0713. The van der Waals surface area contributed by atoms with Gasteiger partial charge in [0.2, 0.25) is 0 Å². The molecule has 4 rings (SSSR count). The number of likely N-dealkylation sites (N-methyl/N-ethyl adjacent to an activating group) is 1. The molecule has 2 heterocycles. The Bertz CT molecular complexity index is 1070. The lowest BCUT2D eigenvalue weighted by atomic mass is 9.89. The van der Waals surface area contributed by atoms with E-state index in [9.17, 15) is 9.59 Å². The third-order valence-corrected chi connectivity index (χ3v) is 6.99. The first kappa shape index (κ1) is 23.8. The Balaban J connectivity index is 1.35. The minimum Gasteiger partial charge on any atom is -0.339 e. The van der Waals surface area contributed by atoms with Gasteiger partial charge in [0.05, 0.1) is 11.6 Å². The predicted molar refractivity (Wildman–Crippen MR) is 133 cm³/mol. The molecule has 178 valence electrons. The number of piperidine rings is 2. The van der Waals surface area contributed by atoms with Crippen LogP contribution in [0.3, 0.4) is 0 Å². The smallest absolute Gasteiger partial charge is 0.319 e. The maximum Gasteiger partial charge on any atom is 0.319 e. The number of nitrogens with one attached hydrogen (secondary N) is 2. The molecule has 1 unspecified atom stereocenters. The van der Waals surface area contributed by atoms with Crippen LogP contribution < -0.4 is 10.6 Å². The van der Waals surface area contributed by atoms with Crippen LogP contribution in [-0.2, 0) is 0 Å². The molecule has 0 saturated carbocycles. The zero-order chi connectivity index (χ0) is 24.1. The topological polar surface area (TPSA) is 88.5 Å². The van der Waals surface area contributed by atoms with Crippen molar-refractivity contribution in [3.63, 3.8) is 0 Å². The number of nitriles is 1. The van der Waals surface area contributed by atoms with Gasteiger partial charge in [-0.2, -0.15) is 5.26 Å². The molecule has 1 atom stereocenters. The van der Waals surface area contributed by atoms with Crippen LogP contribution in [0.5, 0.6) is 0 Å². The highest BCUT2D eigenvalue weighted by molar-refractivity contribution is 5.97. The second-order valence-electron chi connectivity index (χ2n) is 9.53. The molecule has 0 aliphatic carbocycles. The Morgan fingerprint density at radius 3 is 2.44 bits per heavy atom. The van der Waals surface area contributed by atoms with Crippen LogP contribution in [0.25, 0.3) is 0 Å². The Kier molecular flexibility index (Phi) is 7.49. The van der Waals surface area contributed by atoms with Gasteiger partial charge < -0.3 is 20.4 Å². The van der Waals surface area contributed by atoms with E-state index in [4.69, 9.17) is 5.26 Å². The van der Waals surface area contributed by atoms with Gasteiger partial charge in [0.1, 0.15) is 0 Å². The summed E-state index contributed by atoms with van der Waals surface area (Å²) in [5.74, 6) is 0.394. The first-order valence-corrected chi connectivity index (χ1v) is 12.1. The number of carbonyl (C=O) groups excluding carboxylic acids is 2. The summed E-state index contributed by atoms with van der Waals surface area (Å²) in [5, 5.41) is 15.0. The minimum atomic E-state index is -0.226. The van der Waals surface area contributed by atoms with Crippen molar-refractivity contribution >= 4 is 17.6 Å². The van der Waals surface area contributed by atoms with Gasteiger partial charge in [-0.15, -0.1) is 0 Å². The maximum atomic E-state index is 13.2. The lowest BCUT2D eigenvalue weighted by Crippen LogP contribution is -2.47.